The van der Waals surface area contributed by atoms with Crippen molar-refractivity contribution in [2.75, 3.05) is 27.9 Å². The van der Waals surface area contributed by atoms with Gasteiger partial charge in [-0.15, -0.1) is 0 Å². The van der Waals surface area contributed by atoms with Crippen LogP contribution in [0.25, 0.3) is 0 Å². The SMILES string of the molecule is CCNC(C)c1cc(OC)c(OC)c(OC)c1. The molecule has 0 fully saturated rings. The molecule has 0 saturated carbocycles. The first kappa shape index (κ1) is 13.6. The van der Waals surface area contributed by atoms with Gasteiger partial charge in [0.25, 0.3) is 0 Å². The highest BCUT2D eigenvalue weighted by Gasteiger charge is 2.15. The maximum Gasteiger partial charge on any atom is 0.203 e. The summed E-state index contributed by atoms with van der Waals surface area (Å²) in [5.41, 5.74) is 1.11. The van der Waals surface area contributed by atoms with Crippen molar-refractivity contribution in [2.45, 2.75) is 19.9 Å². The predicted octanol–water partition coefficient (Wildman–Crippen LogP) is 2.38. The van der Waals surface area contributed by atoms with E-state index in [0.29, 0.717) is 17.2 Å². The van der Waals surface area contributed by atoms with Gasteiger partial charge >= 0.3 is 0 Å². The second-order valence-electron chi connectivity index (χ2n) is 3.74. The predicted molar refractivity (Wildman–Crippen MR) is 68.2 cm³/mol. The monoisotopic (exact) mass is 239 g/mol. The molecule has 17 heavy (non-hydrogen) atoms. The van der Waals surface area contributed by atoms with E-state index in [9.17, 15) is 0 Å². The van der Waals surface area contributed by atoms with E-state index in [1.54, 1.807) is 21.3 Å². The number of benzene rings is 1. The fourth-order valence-electron chi connectivity index (χ4n) is 1.78. The molecule has 0 aromatic heterocycles. The Hall–Kier alpha value is -1.42. The van der Waals surface area contributed by atoms with E-state index >= 15 is 0 Å². The summed E-state index contributed by atoms with van der Waals surface area (Å²) in [6, 6.07) is 4.18. The van der Waals surface area contributed by atoms with Gasteiger partial charge in [0, 0.05) is 6.04 Å². The lowest BCUT2D eigenvalue weighted by molar-refractivity contribution is 0.323. The normalized spacial score (nSPS) is 12.1. The van der Waals surface area contributed by atoms with Crippen LogP contribution in [0.1, 0.15) is 25.5 Å². The molecule has 0 spiro atoms. The maximum atomic E-state index is 5.31. The Kier molecular flexibility index (Phi) is 5.10. The number of hydrogen-bond donors (Lipinski definition) is 1. The Morgan fingerprint density at radius 1 is 1.06 bits per heavy atom. The van der Waals surface area contributed by atoms with E-state index in [1.165, 1.54) is 0 Å². The first-order chi connectivity index (χ1) is 8.17. The summed E-state index contributed by atoms with van der Waals surface area (Å²) < 4.78 is 15.9. The molecule has 0 bridgehead atoms. The number of methoxy groups -OCH3 is 3. The molecule has 1 aromatic rings. The van der Waals surface area contributed by atoms with Gasteiger partial charge in [-0.3, -0.25) is 0 Å². The molecule has 4 heteroatoms. The standard InChI is InChI=1S/C13H21NO3/c1-6-14-9(2)10-7-11(15-3)13(17-5)12(8-10)16-4/h7-9,14H,6H2,1-5H3. The summed E-state index contributed by atoms with van der Waals surface area (Å²) in [6.45, 7) is 5.09. The van der Waals surface area contributed by atoms with Crippen molar-refractivity contribution in [3.63, 3.8) is 0 Å². The molecule has 0 amide bonds. The summed E-state index contributed by atoms with van der Waals surface area (Å²) >= 11 is 0. The van der Waals surface area contributed by atoms with Gasteiger partial charge in [0.2, 0.25) is 5.75 Å². The number of nitrogens with one attached hydrogen (secondary N) is 1. The van der Waals surface area contributed by atoms with Crippen molar-refractivity contribution in [1.29, 1.82) is 0 Å². The van der Waals surface area contributed by atoms with E-state index in [0.717, 1.165) is 12.1 Å². The molecule has 0 aliphatic rings. The Bertz CT molecular complexity index is 341. The van der Waals surface area contributed by atoms with Gasteiger partial charge in [-0.1, -0.05) is 6.92 Å². The zero-order valence-corrected chi connectivity index (χ0v) is 11.2. The third-order valence-corrected chi connectivity index (χ3v) is 2.70. The molecule has 1 atom stereocenters. The van der Waals surface area contributed by atoms with Crippen LogP contribution in [0.3, 0.4) is 0 Å². The zero-order valence-electron chi connectivity index (χ0n) is 11.2. The highest BCUT2D eigenvalue weighted by molar-refractivity contribution is 5.54. The van der Waals surface area contributed by atoms with E-state index in [1.807, 2.05) is 12.1 Å². The quantitative estimate of drug-likeness (QED) is 0.827. The average molecular weight is 239 g/mol. The minimum Gasteiger partial charge on any atom is -0.493 e. The molecule has 0 aliphatic carbocycles. The van der Waals surface area contributed by atoms with Gasteiger partial charge in [-0.25, -0.2) is 0 Å². The largest absolute Gasteiger partial charge is 0.493 e. The molecule has 1 N–H and O–H groups in total. The Morgan fingerprint density at radius 3 is 1.94 bits per heavy atom. The molecule has 1 aromatic carbocycles. The molecule has 0 radical (unpaired) electrons. The van der Waals surface area contributed by atoms with Gasteiger partial charge in [-0.2, -0.15) is 0 Å². The van der Waals surface area contributed by atoms with Crippen LogP contribution in [0.15, 0.2) is 12.1 Å². The van der Waals surface area contributed by atoms with Gasteiger partial charge in [0.1, 0.15) is 0 Å². The fourth-order valence-corrected chi connectivity index (χ4v) is 1.78. The van der Waals surface area contributed by atoms with Gasteiger partial charge in [-0.05, 0) is 31.2 Å². The minimum absolute atomic E-state index is 0.244. The lowest BCUT2D eigenvalue weighted by atomic mass is 10.1. The summed E-state index contributed by atoms with van der Waals surface area (Å²) in [5, 5.41) is 3.35. The van der Waals surface area contributed by atoms with Gasteiger partial charge in [0.15, 0.2) is 11.5 Å². The molecule has 1 rings (SSSR count). The third-order valence-electron chi connectivity index (χ3n) is 2.70. The first-order valence-electron chi connectivity index (χ1n) is 5.71. The van der Waals surface area contributed by atoms with Crippen LogP contribution in [0.2, 0.25) is 0 Å². The molecule has 1 unspecified atom stereocenters. The van der Waals surface area contributed by atoms with Gasteiger partial charge in [0.05, 0.1) is 21.3 Å². The minimum atomic E-state index is 0.244. The van der Waals surface area contributed by atoms with Crippen molar-refractivity contribution < 1.29 is 14.2 Å². The lowest BCUT2D eigenvalue weighted by Gasteiger charge is -2.18. The highest BCUT2D eigenvalue weighted by Crippen LogP contribution is 2.39. The van der Waals surface area contributed by atoms with Crippen LogP contribution in [-0.2, 0) is 0 Å². The van der Waals surface area contributed by atoms with Crippen LogP contribution < -0.4 is 19.5 Å². The van der Waals surface area contributed by atoms with Crippen LogP contribution in [0.4, 0.5) is 0 Å². The molecular weight excluding hydrogens is 218 g/mol. The fraction of sp³-hybridized carbons (Fsp3) is 0.538. The average Bonchev–Trinajstić information content (AvgIpc) is 2.37. The van der Waals surface area contributed by atoms with Crippen molar-refractivity contribution >= 4 is 0 Å². The van der Waals surface area contributed by atoms with Crippen LogP contribution in [-0.4, -0.2) is 27.9 Å². The van der Waals surface area contributed by atoms with Crippen LogP contribution >= 0.6 is 0 Å². The van der Waals surface area contributed by atoms with Crippen molar-refractivity contribution in [3.8, 4) is 17.2 Å². The Labute approximate surface area is 103 Å². The van der Waals surface area contributed by atoms with Gasteiger partial charge < -0.3 is 19.5 Å². The third kappa shape index (κ3) is 3.03. The van der Waals surface area contributed by atoms with Crippen molar-refractivity contribution in [3.05, 3.63) is 17.7 Å². The molecule has 0 heterocycles. The van der Waals surface area contributed by atoms with E-state index in [-0.39, 0.29) is 6.04 Å². The summed E-state index contributed by atoms with van der Waals surface area (Å²) in [5.74, 6) is 2.00. The topological polar surface area (TPSA) is 39.7 Å². The number of ether oxygens (including phenoxy) is 3. The van der Waals surface area contributed by atoms with E-state index < -0.39 is 0 Å². The molecule has 0 aliphatic heterocycles. The van der Waals surface area contributed by atoms with E-state index in [2.05, 4.69) is 19.2 Å². The second kappa shape index (κ2) is 6.35. The Morgan fingerprint density at radius 2 is 1.59 bits per heavy atom. The summed E-state index contributed by atoms with van der Waals surface area (Å²) in [6.07, 6.45) is 0. The summed E-state index contributed by atoms with van der Waals surface area (Å²) in [7, 11) is 4.85. The van der Waals surface area contributed by atoms with Crippen LogP contribution in [0.5, 0.6) is 17.2 Å². The molecule has 4 nitrogen and oxygen atoms in total. The number of rotatable bonds is 6. The molecule has 0 saturated heterocycles. The second-order valence-corrected chi connectivity index (χ2v) is 3.74. The Balaban J connectivity index is 3.17. The van der Waals surface area contributed by atoms with Crippen molar-refractivity contribution in [2.24, 2.45) is 0 Å². The zero-order chi connectivity index (χ0) is 12.8. The first-order valence-corrected chi connectivity index (χ1v) is 5.71. The maximum absolute atomic E-state index is 5.31. The lowest BCUT2D eigenvalue weighted by Crippen LogP contribution is -2.17. The van der Waals surface area contributed by atoms with Crippen molar-refractivity contribution in [1.82, 2.24) is 5.32 Å². The smallest absolute Gasteiger partial charge is 0.203 e. The van der Waals surface area contributed by atoms with Crippen LogP contribution in [0, 0.1) is 0 Å². The molecule has 96 valence electrons. The number of hydrogen-bond acceptors (Lipinski definition) is 4. The van der Waals surface area contributed by atoms with E-state index in [4.69, 9.17) is 14.2 Å². The highest BCUT2D eigenvalue weighted by atomic mass is 16.5. The molecular formula is C13H21NO3. The summed E-state index contributed by atoms with van der Waals surface area (Å²) in [4.78, 5) is 0.